The number of aryl methyl sites for hydroxylation is 2. The molecular formula is C23H45N2O2+. The van der Waals surface area contributed by atoms with E-state index >= 15 is 0 Å². The van der Waals surface area contributed by atoms with Gasteiger partial charge in [-0.15, -0.1) is 0 Å². The molecule has 0 unspecified atom stereocenters. The molecule has 0 radical (unpaired) electrons. The Morgan fingerprint density at radius 3 is 1.89 bits per heavy atom. The second-order valence-electron chi connectivity index (χ2n) is 8.66. The van der Waals surface area contributed by atoms with Gasteiger partial charge in [0.15, 0.2) is 0 Å². The van der Waals surface area contributed by atoms with Crippen LogP contribution in [0.25, 0.3) is 0 Å². The molecule has 1 rings (SSSR count). The zero-order valence-corrected chi connectivity index (χ0v) is 18.5. The smallest absolute Gasteiger partial charge is 0.243 e. The summed E-state index contributed by atoms with van der Waals surface area (Å²) in [5.41, 5.74) is 0. The summed E-state index contributed by atoms with van der Waals surface area (Å²) >= 11 is 0. The van der Waals surface area contributed by atoms with Crippen LogP contribution in [0.15, 0.2) is 18.7 Å². The SMILES string of the molecule is CC(C)COCCCCCCn1cc[n+](CCCCCCOCC(C)C)c1. The van der Waals surface area contributed by atoms with Gasteiger partial charge in [0.2, 0.25) is 6.33 Å². The molecule has 4 heteroatoms. The third kappa shape index (κ3) is 14.8. The second-order valence-corrected chi connectivity index (χ2v) is 8.66. The van der Waals surface area contributed by atoms with Gasteiger partial charge in [-0.2, -0.15) is 0 Å². The summed E-state index contributed by atoms with van der Waals surface area (Å²) in [6, 6.07) is 0. The number of rotatable bonds is 18. The van der Waals surface area contributed by atoms with E-state index in [0.717, 1.165) is 39.5 Å². The van der Waals surface area contributed by atoms with E-state index in [0.29, 0.717) is 11.8 Å². The fraction of sp³-hybridized carbons (Fsp3) is 0.870. The van der Waals surface area contributed by atoms with Gasteiger partial charge in [0.05, 0.1) is 13.1 Å². The van der Waals surface area contributed by atoms with Crippen molar-refractivity contribution in [3.05, 3.63) is 18.7 Å². The first-order valence-corrected chi connectivity index (χ1v) is 11.3. The summed E-state index contributed by atoms with van der Waals surface area (Å²) in [6.07, 6.45) is 16.7. The van der Waals surface area contributed by atoms with E-state index < -0.39 is 0 Å². The van der Waals surface area contributed by atoms with E-state index in [9.17, 15) is 0 Å². The maximum Gasteiger partial charge on any atom is 0.243 e. The average molecular weight is 382 g/mol. The number of hydrogen-bond donors (Lipinski definition) is 0. The van der Waals surface area contributed by atoms with Gasteiger partial charge in [-0.05, 0) is 50.4 Å². The van der Waals surface area contributed by atoms with E-state index in [4.69, 9.17) is 9.47 Å². The predicted octanol–water partition coefficient (Wildman–Crippen LogP) is 5.24. The topological polar surface area (TPSA) is 27.3 Å². The monoisotopic (exact) mass is 381 g/mol. The molecular weight excluding hydrogens is 336 g/mol. The van der Waals surface area contributed by atoms with Crippen LogP contribution in [0.1, 0.15) is 79.1 Å². The van der Waals surface area contributed by atoms with E-state index in [1.54, 1.807) is 0 Å². The van der Waals surface area contributed by atoms with Crippen molar-refractivity contribution in [2.75, 3.05) is 26.4 Å². The largest absolute Gasteiger partial charge is 0.381 e. The summed E-state index contributed by atoms with van der Waals surface area (Å²) in [6.45, 7) is 14.7. The molecule has 27 heavy (non-hydrogen) atoms. The quantitative estimate of drug-likeness (QED) is 0.257. The maximum absolute atomic E-state index is 5.63. The van der Waals surface area contributed by atoms with Crippen molar-refractivity contribution in [3.8, 4) is 0 Å². The molecule has 0 atom stereocenters. The van der Waals surface area contributed by atoms with Crippen LogP contribution in [0.5, 0.6) is 0 Å². The Bertz CT molecular complexity index is 405. The zero-order valence-electron chi connectivity index (χ0n) is 18.5. The molecule has 1 heterocycles. The van der Waals surface area contributed by atoms with Crippen LogP contribution in [-0.2, 0) is 22.6 Å². The molecule has 0 bridgehead atoms. The second kappa shape index (κ2) is 16.1. The molecule has 0 amide bonds. The number of nitrogens with zero attached hydrogens (tertiary/aromatic N) is 2. The van der Waals surface area contributed by atoms with Crippen LogP contribution in [0.2, 0.25) is 0 Å². The molecule has 0 N–H and O–H groups in total. The van der Waals surface area contributed by atoms with Crippen molar-refractivity contribution >= 4 is 0 Å². The fourth-order valence-corrected chi connectivity index (χ4v) is 3.05. The van der Waals surface area contributed by atoms with Crippen LogP contribution in [0.3, 0.4) is 0 Å². The van der Waals surface area contributed by atoms with Crippen LogP contribution in [-0.4, -0.2) is 31.0 Å². The molecule has 0 fully saturated rings. The van der Waals surface area contributed by atoms with Crippen molar-refractivity contribution in [1.29, 1.82) is 0 Å². The van der Waals surface area contributed by atoms with Gasteiger partial charge in [-0.1, -0.05) is 40.5 Å². The molecule has 4 nitrogen and oxygen atoms in total. The minimum Gasteiger partial charge on any atom is -0.381 e. The van der Waals surface area contributed by atoms with Gasteiger partial charge in [-0.25, -0.2) is 9.13 Å². The molecule has 0 aromatic carbocycles. The number of hydrogen-bond acceptors (Lipinski definition) is 2. The molecule has 0 aliphatic carbocycles. The van der Waals surface area contributed by atoms with E-state index in [2.05, 4.69) is 55.6 Å². The summed E-state index contributed by atoms with van der Waals surface area (Å²) in [7, 11) is 0. The van der Waals surface area contributed by atoms with Crippen molar-refractivity contribution in [2.45, 2.75) is 92.2 Å². The van der Waals surface area contributed by atoms with Crippen molar-refractivity contribution in [3.63, 3.8) is 0 Å². The lowest BCUT2D eigenvalue weighted by Gasteiger charge is -2.06. The highest BCUT2D eigenvalue weighted by molar-refractivity contribution is 4.66. The molecule has 0 aliphatic rings. The molecule has 0 aliphatic heterocycles. The van der Waals surface area contributed by atoms with E-state index in [1.165, 1.54) is 51.4 Å². The number of ether oxygens (including phenoxy) is 2. The van der Waals surface area contributed by atoms with Crippen LogP contribution in [0, 0.1) is 11.8 Å². The van der Waals surface area contributed by atoms with Crippen molar-refractivity contribution in [2.24, 2.45) is 11.8 Å². The Morgan fingerprint density at radius 1 is 0.741 bits per heavy atom. The highest BCUT2D eigenvalue weighted by Crippen LogP contribution is 2.04. The van der Waals surface area contributed by atoms with Gasteiger partial charge in [0.25, 0.3) is 0 Å². The minimum atomic E-state index is 0.647. The Kier molecular flexibility index (Phi) is 14.4. The predicted molar refractivity (Wildman–Crippen MR) is 113 cm³/mol. The number of unbranched alkanes of at least 4 members (excludes halogenated alkanes) is 6. The summed E-state index contributed by atoms with van der Waals surface area (Å²) in [5.74, 6) is 1.29. The first kappa shape index (κ1) is 24.2. The van der Waals surface area contributed by atoms with Gasteiger partial charge >= 0.3 is 0 Å². The van der Waals surface area contributed by atoms with Gasteiger partial charge in [0, 0.05) is 26.4 Å². The van der Waals surface area contributed by atoms with Crippen LogP contribution in [0.4, 0.5) is 0 Å². The van der Waals surface area contributed by atoms with Crippen molar-refractivity contribution in [1.82, 2.24) is 4.57 Å². The zero-order chi connectivity index (χ0) is 19.7. The minimum absolute atomic E-state index is 0.647. The van der Waals surface area contributed by atoms with Gasteiger partial charge in [-0.3, -0.25) is 0 Å². The molecule has 1 aromatic rings. The molecule has 0 saturated carbocycles. The first-order chi connectivity index (χ1) is 13.1. The van der Waals surface area contributed by atoms with Crippen LogP contribution < -0.4 is 4.57 Å². The summed E-state index contributed by atoms with van der Waals surface area (Å²) < 4.78 is 15.9. The number of imidazole rings is 1. The Balaban J connectivity index is 1.93. The standard InChI is InChI=1S/C23H45N2O2/c1-22(2)19-26-17-11-7-5-9-13-24-15-16-25(21-24)14-10-6-8-12-18-27-20-23(3)4/h15-16,21-23H,5-14,17-20H2,1-4H3/q+1. The lowest BCUT2D eigenvalue weighted by molar-refractivity contribution is -0.696. The normalized spacial score (nSPS) is 11.8. The molecule has 0 saturated heterocycles. The Hall–Kier alpha value is -0.870. The van der Waals surface area contributed by atoms with E-state index in [1.807, 2.05) is 0 Å². The third-order valence-corrected chi connectivity index (χ3v) is 4.56. The maximum atomic E-state index is 5.63. The number of aromatic nitrogens is 2. The van der Waals surface area contributed by atoms with Crippen LogP contribution >= 0.6 is 0 Å². The third-order valence-electron chi connectivity index (χ3n) is 4.56. The Morgan fingerprint density at radius 2 is 1.30 bits per heavy atom. The average Bonchev–Trinajstić information content (AvgIpc) is 3.06. The molecule has 1 aromatic heterocycles. The van der Waals surface area contributed by atoms with E-state index in [-0.39, 0.29) is 0 Å². The lowest BCUT2D eigenvalue weighted by Crippen LogP contribution is -2.30. The van der Waals surface area contributed by atoms with Crippen molar-refractivity contribution < 1.29 is 14.0 Å². The molecule has 158 valence electrons. The fourth-order valence-electron chi connectivity index (χ4n) is 3.05. The first-order valence-electron chi connectivity index (χ1n) is 11.3. The lowest BCUT2D eigenvalue weighted by atomic mass is 10.2. The van der Waals surface area contributed by atoms with Gasteiger partial charge in [0.1, 0.15) is 12.4 Å². The highest BCUT2D eigenvalue weighted by Gasteiger charge is 2.03. The summed E-state index contributed by atoms with van der Waals surface area (Å²) in [5, 5.41) is 0. The molecule has 0 spiro atoms. The highest BCUT2D eigenvalue weighted by atomic mass is 16.5. The van der Waals surface area contributed by atoms with Gasteiger partial charge < -0.3 is 9.47 Å². The summed E-state index contributed by atoms with van der Waals surface area (Å²) in [4.78, 5) is 0. The Labute approximate surface area is 168 Å².